The van der Waals surface area contributed by atoms with Crippen molar-refractivity contribution in [2.24, 2.45) is 5.92 Å². The lowest BCUT2D eigenvalue weighted by atomic mass is 9.98. The molecule has 0 fully saturated rings. The molecule has 0 aliphatic heterocycles. The van der Waals surface area contributed by atoms with E-state index >= 15 is 0 Å². The molecule has 0 N–H and O–H groups in total. The molecule has 0 spiro atoms. The first-order valence-corrected chi connectivity index (χ1v) is 11.0. The zero-order valence-corrected chi connectivity index (χ0v) is 19.4. The monoisotopic (exact) mass is 427 g/mol. The lowest BCUT2D eigenvalue weighted by Gasteiger charge is -2.27. The van der Waals surface area contributed by atoms with E-state index in [1.165, 1.54) is 23.9 Å². The van der Waals surface area contributed by atoms with Gasteiger partial charge in [0.15, 0.2) is 5.83 Å². The second kappa shape index (κ2) is 13.0. The van der Waals surface area contributed by atoms with E-state index in [0.29, 0.717) is 17.7 Å². The molecular formula is C26H31F2NS. The largest absolute Gasteiger partial charge is 0.310 e. The van der Waals surface area contributed by atoms with Crippen LogP contribution < -0.4 is 4.90 Å². The maximum atomic E-state index is 14.5. The van der Waals surface area contributed by atoms with Gasteiger partial charge in [0.1, 0.15) is 5.82 Å². The van der Waals surface area contributed by atoms with Crippen molar-refractivity contribution >= 4 is 17.4 Å². The zero-order valence-electron chi connectivity index (χ0n) is 18.6. The van der Waals surface area contributed by atoms with Crippen molar-refractivity contribution in [2.75, 3.05) is 10.7 Å². The van der Waals surface area contributed by atoms with Gasteiger partial charge in [-0.15, -0.1) is 17.7 Å². The molecule has 1 aromatic carbocycles. The molecule has 0 aromatic heterocycles. The highest BCUT2D eigenvalue weighted by atomic mass is 32.2. The summed E-state index contributed by atoms with van der Waals surface area (Å²) in [6.07, 6.45) is 3.44. The Labute approximate surface area is 184 Å². The third-order valence-electron chi connectivity index (χ3n) is 4.56. The summed E-state index contributed by atoms with van der Waals surface area (Å²) in [5.74, 6) is 6.06. The summed E-state index contributed by atoms with van der Waals surface area (Å²) in [6.45, 7) is 17.5. The van der Waals surface area contributed by atoms with Crippen LogP contribution in [0.2, 0.25) is 0 Å². The van der Waals surface area contributed by atoms with Gasteiger partial charge in [0, 0.05) is 35.0 Å². The van der Waals surface area contributed by atoms with Gasteiger partial charge >= 0.3 is 0 Å². The van der Waals surface area contributed by atoms with E-state index in [4.69, 9.17) is 0 Å². The molecule has 1 unspecified atom stereocenters. The molecule has 0 saturated carbocycles. The smallest absolute Gasteiger partial charge is 0.168 e. The fourth-order valence-electron chi connectivity index (χ4n) is 2.87. The van der Waals surface area contributed by atoms with Crippen molar-refractivity contribution in [3.8, 4) is 11.8 Å². The average Bonchev–Trinajstić information content (AvgIpc) is 2.73. The predicted octanol–water partition coefficient (Wildman–Crippen LogP) is 8.15. The Bertz CT molecular complexity index is 907. The molecule has 1 nitrogen and oxygen atoms in total. The summed E-state index contributed by atoms with van der Waals surface area (Å²) in [5, 5.41) is 0.721. The van der Waals surface area contributed by atoms with Crippen molar-refractivity contribution in [2.45, 2.75) is 47.5 Å². The van der Waals surface area contributed by atoms with Gasteiger partial charge in [0.25, 0.3) is 0 Å². The Morgan fingerprint density at radius 1 is 1.27 bits per heavy atom. The van der Waals surface area contributed by atoms with Gasteiger partial charge in [0.2, 0.25) is 0 Å². The number of benzene rings is 1. The summed E-state index contributed by atoms with van der Waals surface area (Å²) >= 11 is 1.43. The number of halogens is 2. The highest BCUT2D eigenvalue weighted by Gasteiger charge is 2.16. The van der Waals surface area contributed by atoms with Gasteiger partial charge in [-0.2, -0.15) is 4.39 Å². The molecule has 4 heteroatoms. The standard InChI is InChI=1S/C26H31F2NS/c1-8-11-12-19(4)17-20(5)25(26(28)10-3)18-30-22(7)29(21(6)9-2)24-15-13-23(27)14-16-24/h9,13-16,19H,3,7-8,17-18H2,1-2,4-6H3/b21-9-,25-20-. The number of hydrogen-bond acceptors (Lipinski definition) is 2. The summed E-state index contributed by atoms with van der Waals surface area (Å²) < 4.78 is 27.9. The van der Waals surface area contributed by atoms with Crippen LogP contribution in [0.15, 0.2) is 76.9 Å². The number of rotatable bonds is 9. The molecular weight excluding hydrogens is 396 g/mol. The first-order chi connectivity index (χ1) is 14.2. The quantitative estimate of drug-likeness (QED) is 0.222. The lowest BCUT2D eigenvalue weighted by molar-refractivity contribution is 0.628. The highest BCUT2D eigenvalue weighted by molar-refractivity contribution is 8.03. The van der Waals surface area contributed by atoms with Crippen LogP contribution >= 0.6 is 11.8 Å². The van der Waals surface area contributed by atoms with Crippen LogP contribution in [0.3, 0.4) is 0 Å². The Morgan fingerprint density at radius 3 is 2.43 bits per heavy atom. The number of anilines is 1. The van der Waals surface area contributed by atoms with E-state index in [1.54, 1.807) is 12.1 Å². The zero-order chi connectivity index (χ0) is 22.7. The third-order valence-corrected chi connectivity index (χ3v) is 5.51. The van der Waals surface area contributed by atoms with E-state index < -0.39 is 5.83 Å². The summed E-state index contributed by atoms with van der Waals surface area (Å²) in [5.41, 5.74) is 5.63. The van der Waals surface area contributed by atoms with Crippen LogP contribution in [0.25, 0.3) is 0 Å². The first-order valence-electron chi connectivity index (χ1n) is 9.98. The molecule has 1 atom stereocenters. The fraction of sp³-hybridized carbons (Fsp3) is 0.346. The molecule has 0 radical (unpaired) electrons. The summed E-state index contributed by atoms with van der Waals surface area (Å²) in [6, 6.07) is 6.23. The van der Waals surface area contributed by atoms with Crippen LogP contribution in [-0.4, -0.2) is 5.75 Å². The first kappa shape index (κ1) is 25.6. The minimum atomic E-state index is -0.445. The van der Waals surface area contributed by atoms with Gasteiger partial charge in [-0.1, -0.05) is 50.3 Å². The fourth-order valence-corrected chi connectivity index (χ4v) is 3.94. The molecule has 160 valence electrons. The SMILES string of the molecule is C=C=C(F)/C(CSC(=C)N(/C(C)=C\C)c1ccc(F)cc1)=C(/C)CC(C)C#CCC. The van der Waals surface area contributed by atoms with Crippen LogP contribution in [0, 0.1) is 23.6 Å². The molecule has 0 aliphatic carbocycles. The molecule has 1 aromatic rings. The van der Waals surface area contributed by atoms with Crippen molar-refractivity contribution < 1.29 is 8.78 Å². The molecule has 0 bridgehead atoms. The Hall–Kier alpha value is -2.47. The maximum Gasteiger partial charge on any atom is 0.168 e. The Kier molecular flexibility index (Phi) is 11.0. The van der Waals surface area contributed by atoms with Crippen molar-refractivity contribution in [3.63, 3.8) is 0 Å². The second-order valence-electron chi connectivity index (χ2n) is 6.95. The number of thioether (sulfide) groups is 1. The van der Waals surface area contributed by atoms with Gasteiger partial charge < -0.3 is 4.90 Å². The topological polar surface area (TPSA) is 3.24 Å². The van der Waals surface area contributed by atoms with Crippen LogP contribution in [-0.2, 0) is 0 Å². The van der Waals surface area contributed by atoms with Gasteiger partial charge in [-0.05, 0) is 51.5 Å². The van der Waals surface area contributed by atoms with Crippen LogP contribution in [0.5, 0.6) is 0 Å². The van der Waals surface area contributed by atoms with E-state index in [9.17, 15) is 8.78 Å². The minimum Gasteiger partial charge on any atom is -0.310 e. The summed E-state index contributed by atoms with van der Waals surface area (Å²) in [7, 11) is 0. The molecule has 30 heavy (non-hydrogen) atoms. The van der Waals surface area contributed by atoms with Gasteiger partial charge in [-0.25, -0.2) is 4.39 Å². The van der Waals surface area contributed by atoms with E-state index in [-0.39, 0.29) is 11.7 Å². The highest BCUT2D eigenvalue weighted by Crippen LogP contribution is 2.33. The van der Waals surface area contributed by atoms with E-state index in [1.807, 2.05) is 45.6 Å². The van der Waals surface area contributed by atoms with E-state index in [2.05, 4.69) is 30.7 Å². The molecule has 1 rings (SSSR count). The van der Waals surface area contributed by atoms with Crippen molar-refractivity contribution in [1.29, 1.82) is 0 Å². The third kappa shape index (κ3) is 7.75. The second-order valence-corrected chi connectivity index (χ2v) is 8.00. The number of allylic oxidation sites excluding steroid dienone is 4. The predicted molar refractivity (Wildman–Crippen MR) is 128 cm³/mol. The molecule has 0 heterocycles. The normalized spacial score (nSPS) is 12.8. The van der Waals surface area contributed by atoms with E-state index in [0.717, 1.165) is 28.4 Å². The van der Waals surface area contributed by atoms with Gasteiger partial charge in [-0.3, -0.25) is 0 Å². The molecule has 0 aliphatic rings. The van der Waals surface area contributed by atoms with Crippen LogP contribution in [0.1, 0.15) is 47.5 Å². The Morgan fingerprint density at radius 2 is 1.90 bits per heavy atom. The maximum absolute atomic E-state index is 14.5. The number of nitrogens with zero attached hydrogens (tertiary/aromatic N) is 1. The molecule has 0 saturated heterocycles. The minimum absolute atomic E-state index is 0.145. The number of hydrogen-bond donors (Lipinski definition) is 0. The average molecular weight is 428 g/mol. The summed E-state index contributed by atoms with van der Waals surface area (Å²) in [4.78, 5) is 1.93. The lowest BCUT2D eigenvalue weighted by Crippen LogP contribution is -2.18. The molecule has 0 amide bonds. The Balaban J connectivity index is 3.10. The van der Waals surface area contributed by atoms with Crippen molar-refractivity contribution in [1.82, 2.24) is 0 Å². The van der Waals surface area contributed by atoms with Gasteiger partial charge in [0.05, 0.1) is 5.03 Å². The van der Waals surface area contributed by atoms with Crippen molar-refractivity contribution in [3.05, 3.63) is 82.7 Å². The van der Waals surface area contributed by atoms with Crippen LogP contribution in [0.4, 0.5) is 14.5 Å².